The molecule has 1 heterocycles. The van der Waals surface area contributed by atoms with Crippen molar-refractivity contribution in [2.45, 2.75) is 12.6 Å². The van der Waals surface area contributed by atoms with Gasteiger partial charge in [-0.15, -0.1) is 0 Å². The predicted molar refractivity (Wildman–Crippen MR) is 62.8 cm³/mol. The number of hydrogen-bond acceptors (Lipinski definition) is 4. The number of oxime groups is 1. The molecule has 0 saturated heterocycles. The standard InChI is InChI=1S/C11H11ClN2O3/c12-10-9(7-17-14-10)13-11(15)16-6-8-4-2-1-3-5-8/h1-5,9H,6-7H2,(H,13,15)/t9-/m1/s1. The minimum absolute atomic E-state index is 0.217. The maximum absolute atomic E-state index is 11.4. The van der Waals surface area contributed by atoms with Crippen molar-refractivity contribution < 1.29 is 14.4 Å². The fourth-order valence-electron chi connectivity index (χ4n) is 1.31. The molecule has 0 fully saturated rings. The number of carbonyl (C=O) groups is 1. The Bertz CT molecular complexity index is 422. The number of halogens is 1. The molecule has 0 aromatic heterocycles. The molecule has 1 amide bonds. The van der Waals surface area contributed by atoms with Gasteiger partial charge in [0.05, 0.1) is 0 Å². The molecule has 1 aromatic carbocycles. The highest BCUT2D eigenvalue weighted by Gasteiger charge is 2.23. The Morgan fingerprint density at radius 1 is 1.53 bits per heavy atom. The number of benzene rings is 1. The Labute approximate surface area is 103 Å². The Kier molecular flexibility index (Phi) is 3.82. The van der Waals surface area contributed by atoms with E-state index in [4.69, 9.17) is 21.2 Å². The van der Waals surface area contributed by atoms with Crippen LogP contribution in [0.3, 0.4) is 0 Å². The van der Waals surface area contributed by atoms with Gasteiger partial charge in [-0.25, -0.2) is 4.79 Å². The zero-order chi connectivity index (χ0) is 12.1. The molecule has 1 aliphatic heterocycles. The molecule has 5 nitrogen and oxygen atoms in total. The van der Waals surface area contributed by atoms with E-state index in [0.29, 0.717) is 0 Å². The fourth-order valence-corrected chi connectivity index (χ4v) is 1.48. The Balaban J connectivity index is 1.77. The summed E-state index contributed by atoms with van der Waals surface area (Å²) in [5, 5.41) is 6.27. The summed E-state index contributed by atoms with van der Waals surface area (Å²) in [6, 6.07) is 8.99. The van der Waals surface area contributed by atoms with Gasteiger partial charge in [0.15, 0.2) is 5.17 Å². The van der Waals surface area contributed by atoms with Crippen molar-refractivity contribution in [3.8, 4) is 0 Å². The summed E-state index contributed by atoms with van der Waals surface area (Å²) >= 11 is 5.69. The third-order valence-electron chi connectivity index (χ3n) is 2.19. The second-order valence-electron chi connectivity index (χ2n) is 3.47. The topological polar surface area (TPSA) is 59.9 Å². The molecule has 1 aromatic rings. The molecule has 1 atom stereocenters. The average molecular weight is 255 g/mol. The molecule has 6 heteroatoms. The summed E-state index contributed by atoms with van der Waals surface area (Å²) in [4.78, 5) is 16.1. The molecule has 1 N–H and O–H groups in total. The molecule has 0 aliphatic carbocycles. The number of amides is 1. The van der Waals surface area contributed by atoms with Crippen LogP contribution in [0.2, 0.25) is 0 Å². The SMILES string of the molecule is O=C(N[C@@H]1CON=C1Cl)OCc1ccccc1. The molecule has 0 spiro atoms. The highest BCUT2D eigenvalue weighted by molar-refractivity contribution is 6.66. The van der Waals surface area contributed by atoms with Gasteiger partial charge in [0.2, 0.25) is 0 Å². The molecule has 0 bridgehead atoms. The van der Waals surface area contributed by atoms with Gasteiger partial charge in [0.1, 0.15) is 19.3 Å². The van der Waals surface area contributed by atoms with Crippen LogP contribution in [0.15, 0.2) is 35.5 Å². The Morgan fingerprint density at radius 2 is 2.29 bits per heavy atom. The highest BCUT2D eigenvalue weighted by atomic mass is 35.5. The van der Waals surface area contributed by atoms with Crippen molar-refractivity contribution in [1.82, 2.24) is 5.32 Å². The van der Waals surface area contributed by atoms with Crippen LogP contribution in [0, 0.1) is 0 Å². The van der Waals surface area contributed by atoms with E-state index in [9.17, 15) is 4.79 Å². The molecule has 0 unspecified atom stereocenters. The van der Waals surface area contributed by atoms with Crippen LogP contribution < -0.4 is 5.32 Å². The van der Waals surface area contributed by atoms with Crippen molar-refractivity contribution in [3.63, 3.8) is 0 Å². The van der Waals surface area contributed by atoms with Crippen molar-refractivity contribution in [2.75, 3.05) is 6.61 Å². The number of hydrogen-bond donors (Lipinski definition) is 1. The first-order valence-corrected chi connectivity index (χ1v) is 5.46. The van der Waals surface area contributed by atoms with Gasteiger partial charge in [-0.2, -0.15) is 0 Å². The van der Waals surface area contributed by atoms with Gasteiger partial charge in [0.25, 0.3) is 0 Å². The number of nitrogens with one attached hydrogen (secondary N) is 1. The summed E-state index contributed by atoms with van der Waals surface area (Å²) in [7, 11) is 0. The molecular formula is C11H11ClN2O3. The third-order valence-corrected chi connectivity index (χ3v) is 2.52. The quantitative estimate of drug-likeness (QED) is 0.896. The first-order valence-electron chi connectivity index (χ1n) is 5.08. The maximum Gasteiger partial charge on any atom is 0.408 e. The Hall–Kier alpha value is -1.75. The Morgan fingerprint density at radius 3 is 2.94 bits per heavy atom. The number of carbonyl (C=O) groups excluding carboxylic acids is 1. The van der Waals surface area contributed by atoms with E-state index in [1.54, 1.807) is 0 Å². The number of rotatable bonds is 3. The van der Waals surface area contributed by atoms with E-state index >= 15 is 0 Å². The summed E-state index contributed by atoms with van der Waals surface area (Å²) < 4.78 is 5.02. The number of nitrogens with zero attached hydrogens (tertiary/aromatic N) is 1. The van der Waals surface area contributed by atoms with Crippen molar-refractivity contribution in [1.29, 1.82) is 0 Å². The van der Waals surface area contributed by atoms with Crippen LogP contribution in [-0.2, 0) is 16.2 Å². The first-order chi connectivity index (χ1) is 8.25. The molecule has 90 valence electrons. The molecule has 0 radical (unpaired) electrons. The van der Waals surface area contributed by atoms with E-state index in [1.165, 1.54) is 0 Å². The number of alkyl carbamates (subject to hydrolysis) is 1. The normalized spacial score (nSPS) is 18.2. The van der Waals surface area contributed by atoms with Crippen LogP contribution >= 0.6 is 11.6 Å². The summed E-state index contributed by atoms with van der Waals surface area (Å²) in [6.07, 6.45) is -0.544. The van der Waals surface area contributed by atoms with E-state index < -0.39 is 12.1 Å². The van der Waals surface area contributed by atoms with Gasteiger partial charge in [-0.05, 0) is 5.56 Å². The molecule has 2 rings (SSSR count). The van der Waals surface area contributed by atoms with Crippen LogP contribution in [0.5, 0.6) is 0 Å². The molecule has 1 aliphatic rings. The summed E-state index contributed by atoms with van der Waals surface area (Å²) in [5.41, 5.74) is 0.921. The summed E-state index contributed by atoms with van der Waals surface area (Å²) in [5.74, 6) is 0. The first kappa shape index (κ1) is 11.7. The maximum atomic E-state index is 11.4. The lowest BCUT2D eigenvalue weighted by Crippen LogP contribution is -2.39. The lowest BCUT2D eigenvalue weighted by atomic mass is 10.2. The predicted octanol–water partition coefficient (Wildman–Crippen LogP) is 1.86. The van der Waals surface area contributed by atoms with E-state index in [2.05, 4.69) is 10.5 Å². The molecular weight excluding hydrogens is 244 g/mol. The molecule has 17 heavy (non-hydrogen) atoms. The lowest BCUT2D eigenvalue weighted by Gasteiger charge is -2.10. The zero-order valence-corrected chi connectivity index (χ0v) is 9.68. The van der Waals surface area contributed by atoms with Gasteiger partial charge in [0, 0.05) is 0 Å². The van der Waals surface area contributed by atoms with Crippen LogP contribution in [-0.4, -0.2) is 23.9 Å². The minimum atomic E-state index is -0.544. The number of ether oxygens (including phenoxy) is 1. The lowest BCUT2D eigenvalue weighted by molar-refractivity contribution is 0.127. The van der Waals surface area contributed by atoms with Crippen LogP contribution in [0.1, 0.15) is 5.56 Å². The molecule has 0 saturated carbocycles. The second kappa shape index (κ2) is 5.54. The van der Waals surface area contributed by atoms with E-state index in [1.807, 2.05) is 30.3 Å². The van der Waals surface area contributed by atoms with Gasteiger partial charge >= 0.3 is 6.09 Å². The van der Waals surface area contributed by atoms with Crippen molar-refractivity contribution in [2.24, 2.45) is 5.16 Å². The largest absolute Gasteiger partial charge is 0.445 e. The van der Waals surface area contributed by atoms with Gasteiger partial charge in [-0.3, -0.25) is 0 Å². The second-order valence-corrected chi connectivity index (χ2v) is 3.86. The van der Waals surface area contributed by atoms with Crippen LogP contribution in [0.4, 0.5) is 4.79 Å². The monoisotopic (exact) mass is 254 g/mol. The highest BCUT2D eigenvalue weighted by Crippen LogP contribution is 2.06. The van der Waals surface area contributed by atoms with Crippen molar-refractivity contribution >= 4 is 22.9 Å². The van der Waals surface area contributed by atoms with Gasteiger partial charge < -0.3 is 14.9 Å². The van der Waals surface area contributed by atoms with E-state index in [-0.39, 0.29) is 18.4 Å². The average Bonchev–Trinajstić information content (AvgIpc) is 2.74. The van der Waals surface area contributed by atoms with E-state index in [0.717, 1.165) is 5.56 Å². The minimum Gasteiger partial charge on any atom is -0.445 e. The zero-order valence-electron chi connectivity index (χ0n) is 8.93. The van der Waals surface area contributed by atoms with Crippen molar-refractivity contribution in [3.05, 3.63) is 35.9 Å². The fraction of sp³-hybridized carbons (Fsp3) is 0.273. The van der Waals surface area contributed by atoms with Gasteiger partial charge in [-0.1, -0.05) is 47.1 Å². The third kappa shape index (κ3) is 3.35. The van der Waals surface area contributed by atoms with Crippen LogP contribution in [0.25, 0.3) is 0 Å². The smallest absolute Gasteiger partial charge is 0.408 e. The summed E-state index contributed by atoms with van der Waals surface area (Å²) in [6.45, 7) is 0.453.